The zero-order valence-corrected chi connectivity index (χ0v) is 11.7. The Kier molecular flexibility index (Phi) is 8.90. The molecule has 5 heteroatoms. The van der Waals surface area contributed by atoms with Crippen LogP contribution >= 0.6 is 11.8 Å². The molecular weight excluding hydrogens is 222 g/mol. The molecule has 0 aliphatic heterocycles. The van der Waals surface area contributed by atoms with Crippen molar-refractivity contribution in [2.75, 3.05) is 53.6 Å². The van der Waals surface area contributed by atoms with Gasteiger partial charge in [0.25, 0.3) is 0 Å². The van der Waals surface area contributed by atoms with Crippen LogP contribution in [0, 0.1) is 0 Å². The number of ether oxygens (including phenoxy) is 1. The van der Waals surface area contributed by atoms with Gasteiger partial charge in [0.1, 0.15) is 20.8 Å². The minimum atomic E-state index is 0.926. The van der Waals surface area contributed by atoms with E-state index in [0.717, 1.165) is 26.2 Å². The third-order valence-corrected chi connectivity index (χ3v) is 2.62. The number of likely N-dealkylation sites (N-methyl/N-ethyl adjacent to an activating group) is 2. The van der Waals surface area contributed by atoms with Crippen molar-refractivity contribution in [1.82, 2.24) is 0 Å². The van der Waals surface area contributed by atoms with Gasteiger partial charge in [-0.3, -0.25) is 0 Å². The van der Waals surface area contributed by atoms with Crippen molar-refractivity contribution in [3.05, 3.63) is 0 Å². The Balaban J connectivity index is 4.09. The first-order valence-electron chi connectivity index (χ1n) is 5.28. The normalized spacial score (nSPS) is 12.8. The van der Waals surface area contributed by atoms with E-state index < -0.39 is 0 Å². The Hall–Kier alpha value is -0.840. The summed E-state index contributed by atoms with van der Waals surface area (Å²) in [6.07, 6.45) is 3.84. The molecule has 0 N–H and O–H groups in total. The highest BCUT2D eigenvalue weighted by Gasteiger charge is 2.10. The Morgan fingerprint density at radius 3 is 2.31 bits per heavy atom. The van der Waals surface area contributed by atoms with Gasteiger partial charge in [-0.2, -0.15) is 4.58 Å². The molecule has 0 saturated carbocycles. The molecule has 0 aliphatic carbocycles. The zero-order chi connectivity index (χ0) is 12.4. The second-order valence-corrected chi connectivity index (χ2v) is 4.46. The number of methoxy groups -OCH3 is 1. The molecular formula is C11H24N3OS+3. The van der Waals surface area contributed by atoms with Crippen molar-refractivity contribution in [3.63, 3.8) is 0 Å². The first-order chi connectivity index (χ1) is 7.60. The highest BCUT2D eigenvalue weighted by Crippen LogP contribution is 1.84. The van der Waals surface area contributed by atoms with Crippen LogP contribution in [0.3, 0.4) is 0 Å². The predicted molar refractivity (Wildman–Crippen MR) is 71.9 cm³/mol. The average Bonchev–Trinajstić information content (AvgIpc) is 2.22. The highest BCUT2D eigenvalue weighted by atomic mass is 32.2. The average molecular weight is 246 g/mol. The van der Waals surface area contributed by atoms with Crippen molar-refractivity contribution < 1.29 is 18.5 Å². The van der Waals surface area contributed by atoms with Crippen LogP contribution in [0.1, 0.15) is 0 Å². The van der Waals surface area contributed by atoms with Gasteiger partial charge in [-0.15, -0.1) is 0 Å². The maximum absolute atomic E-state index is 5.06. The third-order valence-electron chi connectivity index (χ3n) is 2.05. The second-order valence-electron chi connectivity index (χ2n) is 3.78. The van der Waals surface area contributed by atoms with Gasteiger partial charge in [0.2, 0.25) is 19.6 Å². The summed E-state index contributed by atoms with van der Waals surface area (Å²) in [6, 6.07) is 0. The molecule has 0 atom stereocenters. The third kappa shape index (κ3) is 8.47. The van der Waals surface area contributed by atoms with Crippen LogP contribution in [0.2, 0.25) is 0 Å². The molecule has 0 aliphatic rings. The molecule has 0 heterocycles. The van der Waals surface area contributed by atoms with Crippen LogP contribution in [0.5, 0.6) is 0 Å². The minimum Gasteiger partial charge on any atom is -0.454 e. The quantitative estimate of drug-likeness (QED) is 0.342. The van der Waals surface area contributed by atoms with E-state index >= 15 is 0 Å². The largest absolute Gasteiger partial charge is 0.454 e. The van der Waals surface area contributed by atoms with E-state index in [1.54, 1.807) is 25.3 Å². The molecule has 0 aromatic heterocycles. The van der Waals surface area contributed by atoms with Crippen molar-refractivity contribution >= 4 is 30.4 Å². The number of rotatable bonds is 8. The van der Waals surface area contributed by atoms with E-state index in [1.165, 1.54) is 0 Å². The fourth-order valence-electron chi connectivity index (χ4n) is 1.18. The van der Waals surface area contributed by atoms with Crippen molar-refractivity contribution in [3.8, 4) is 0 Å². The van der Waals surface area contributed by atoms with Crippen LogP contribution in [0.15, 0.2) is 0 Å². The lowest BCUT2D eigenvalue weighted by molar-refractivity contribution is -0.611. The molecule has 0 fully saturated rings. The lowest BCUT2D eigenvalue weighted by atomic mass is 10.5. The molecule has 0 bridgehead atoms. The molecule has 0 aromatic carbocycles. The molecule has 0 unspecified atom stereocenters. The van der Waals surface area contributed by atoms with Gasteiger partial charge in [-0.25, -0.2) is 9.15 Å². The van der Waals surface area contributed by atoms with Gasteiger partial charge in [0, 0.05) is 0 Å². The summed E-state index contributed by atoms with van der Waals surface area (Å²) in [5, 5.41) is 0. The Morgan fingerprint density at radius 1 is 1.19 bits per heavy atom. The number of nitrogens with zero attached hydrogens (tertiary/aromatic N) is 3. The van der Waals surface area contributed by atoms with Gasteiger partial charge in [0.05, 0.1) is 7.11 Å². The predicted octanol–water partition coefficient (Wildman–Crippen LogP) is 0.0501. The first kappa shape index (κ1) is 15.2. The molecule has 0 radical (unpaired) electrons. The van der Waals surface area contributed by atoms with Gasteiger partial charge >= 0.3 is 6.40 Å². The van der Waals surface area contributed by atoms with E-state index in [0.29, 0.717) is 0 Å². The number of thioether (sulfide) groups is 1. The summed E-state index contributed by atoms with van der Waals surface area (Å²) >= 11 is 1.72. The van der Waals surface area contributed by atoms with Crippen LogP contribution in [-0.2, 0) is 4.74 Å². The van der Waals surface area contributed by atoms with Crippen molar-refractivity contribution in [1.29, 1.82) is 0 Å². The smallest absolute Gasteiger partial charge is 0.323 e. The molecule has 4 nitrogen and oxygen atoms in total. The van der Waals surface area contributed by atoms with Gasteiger partial charge in [-0.1, -0.05) is 11.8 Å². The monoisotopic (exact) mass is 246 g/mol. The van der Waals surface area contributed by atoms with Gasteiger partial charge in [-0.05, 0) is 6.26 Å². The summed E-state index contributed by atoms with van der Waals surface area (Å²) in [4.78, 5) is 0. The highest BCUT2D eigenvalue weighted by molar-refractivity contribution is 8.11. The first-order valence-corrected chi connectivity index (χ1v) is 6.57. The van der Waals surface area contributed by atoms with Crippen LogP contribution in [-0.4, -0.2) is 86.0 Å². The topological polar surface area (TPSA) is 18.3 Å². The molecule has 0 amide bonds. The Labute approximate surface area is 103 Å². The summed E-state index contributed by atoms with van der Waals surface area (Å²) < 4.78 is 11.3. The molecule has 92 valence electrons. The summed E-state index contributed by atoms with van der Waals surface area (Å²) in [5.74, 6) is 0. The molecule has 0 aromatic rings. The summed E-state index contributed by atoms with van der Waals surface area (Å²) in [5.41, 5.74) is 2.11. The van der Waals surface area contributed by atoms with Crippen LogP contribution in [0.25, 0.3) is 0 Å². The minimum absolute atomic E-state index is 0.926. The number of hydrogen-bond acceptors (Lipinski definition) is 2. The van der Waals surface area contributed by atoms with E-state index in [-0.39, 0.29) is 0 Å². The Morgan fingerprint density at radius 2 is 1.81 bits per heavy atom. The standard InChI is InChI=1S/C11H24N3OS/c1-12(2)6-8-14(10-15-4)9-7-13(3)11-16-5/h10-11H,1,6-9H2,2-5H3/q+3/b13-11-,14-10+. The van der Waals surface area contributed by atoms with E-state index in [9.17, 15) is 0 Å². The summed E-state index contributed by atoms with van der Waals surface area (Å²) in [7, 11) is 5.73. The SMILES string of the molecule is C=[N+](C)CC/[N+](=C\OC)CC/[N+](C)=C\SC. The van der Waals surface area contributed by atoms with E-state index in [1.807, 2.05) is 11.6 Å². The molecule has 0 saturated heterocycles. The zero-order valence-electron chi connectivity index (χ0n) is 10.8. The van der Waals surface area contributed by atoms with Crippen molar-refractivity contribution in [2.45, 2.75) is 0 Å². The number of hydrogen-bond donors (Lipinski definition) is 0. The molecule has 0 spiro atoms. The van der Waals surface area contributed by atoms with E-state index in [4.69, 9.17) is 4.74 Å². The lowest BCUT2D eigenvalue weighted by Crippen LogP contribution is -2.28. The molecule has 0 rings (SSSR count). The van der Waals surface area contributed by atoms with Gasteiger partial charge in [0.15, 0.2) is 12.1 Å². The second kappa shape index (κ2) is 9.39. The van der Waals surface area contributed by atoms with Crippen LogP contribution < -0.4 is 0 Å². The Bertz CT molecular complexity index is 274. The fourth-order valence-corrected chi connectivity index (χ4v) is 1.65. The van der Waals surface area contributed by atoms with Crippen molar-refractivity contribution in [2.24, 2.45) is 0 Å². The summed E-state index contributed by atoms with van der Waals surface area (Å²) in [6.45, 7) is 7.63. The maximum Gasteiger partial charge on any atom is 0.323 e. The lowest BCUT2D eigenvalue weighted by Gasteiger charge is -2.00. The van der Waals surface area contributed by atoms with Gasteiger partial charge < -0.3 is 4.74 Å². The molecule has 16 heavy (non-hydrogen) atoms. The van der Waals surface area contributed by atoms with E-state index in [2.05, 4.69) is 34.7 Å². The fraction of sp³-hybridized carbons (Fsp3) is 0.727. The van der Waals surface area contributed by atoms with Crippen LogP contribution in [0.4, 0.5) is 0 Å². The maximum atomic E-state index is 5.06.